The molecule has 0 bridgehead atoms. The van der Waals surface area contributed by atoms with E-state index in [-0.39, 0.29) is 5.56 Å². The van der Waals surface area contributed by atoms with E-state index in [0.717, 1.165) is 10.1 Å². The number of hydrogen-bond donors (Lipinski definition) is 1. The van der Waals surface area contributed by atoms with Gasteiger partial charge in [-0.05, 0) is 36.4 Å². The fourth-order valence-corrected chi connectivity index (χ4v) is 3.34. The molecular weight excluding hydrogens is 362 g/mol. The van der Waals surface area contributed by atoms with Crippen LogP contribution in [0.25, 0.3) is 5.65 Å². The average molecular weight is 377 g/mol. The van der Waals surface area contributed by atoms with Crippen molar-refractivity contribution in [2.45, 2.75) is 10.1 Å². The zero-order valence-corrected chi connectivity index (χ0v) is 15.2. The van der Waals surface area contributed by atoms with Crippen LogP contribution in [-0.4, -0.2) is 24.8 Å². The summed E-state index contributed by atoms with van der Waals surface area (Å²) in [5.74, 6) is -0.491. The first-order valence-electron chi connectivity index (χ1n) is 8.15. The summed E-state index contributed by atoms with van der Waals surface area (Å²) in [7, 11) is 1.93. The Kier molecular flexibility index (Phi) is 4.47. The van der Waals surface area contributed by atoms with E-state index in [4.69, 9.17) is 0 Å². The van der Waals surface area contributed by atoms with Gasteiger partial charge in [0.25, 0.3) is 11.5 Å². The van der Waals surface area contributed by atoms with Gasteiger partial charge in [0.15, 0.2) is 5.16 Å². The van der Waals surface area contributed by atoms with Gasteiger partial charge < -0.3 is 9.88 Å². The molecule has 8 heteroatoms. The number of anilines is 1. The highest BCUT2D eigenvalue weighted by atomic mass is 32.2. The molecule has 0 fully saturated rings. The van der Waals surface area contributed by atoms with E-state index in [1.54, 1.807) is 42.7 Å². The molecule has 1 aromatic carbocycles. The molecule has 4 rings (SSSR count). The SMILES string of the molecule is Cn1ccnc1Sc1ccc(NC(=O)c2cnc3ccccn3c2=O)cc1. The summed E-state index contributed by atoms with van der Waals surface area (Å²) in [6.45, 7) is 0. The standard InChI is InChI=1S/C19H15N5O2S/c1-23-11-9-20-19(23)27-14-7-5-13(6-8-14)22-17(25)15-12-21-16-4-2-3-10-24(16)18(15)26/h2-12H,1H3,(H,22,25). The Bertz CT molecular complexity index is 1180. The number of fused-ring (bicyclic) bond motifs is 1. The monoisotopic (exact) mass is 377 g/mol. The van der Waals surface area contributed by atoms with Crippen LogP contribution in [0.5, 0.6) is 0 Å². The summed E-state index contributed by atoms with van der Waals surface area (Å²) in [4.78, 5) is 34.4. The molecule has 134 valence electrons. The van der Waals surface area contributed by atoms with Gasteiger partial charge in [0, 0.05) is 42.4 Å². The predicted molar refractivity (Wildman–Crippen MR) is 103 cm³/mol. The molecule has 0 aliphatic rings. The number of rotatable bonds is 4. The Labute approximate surface area is 158 Å². The molecule has 3 heterocycles. The lowest BCUT2D eigenvalue weighted by Crippen LogP contribution is -2.26. The van der Waals surface area contributed by atoms with Crippen molar-refractivity contribution in [3.8, 4) is 0 Å². The van der Waals surface area contributed by atoms with Crippen molar-refractivity contribution in [1.29, 1.82) is 0 Å². The van der Waals surface area contributed by atoms with Crippen LogP contribution < -0.4 is 10.9 Å². The Morgan fingerprint density at radius 1 is 1.07 bits per heavy atom. The molecule has 0 spiro atoms. The smallest absolute Gasteiger partial charge is 0.270 e. The van der Waals surface area contributed by atoms with Crippen molar-refractivity contribution >= 4 is 29.0 Å². The number of pyridine rings is 1. The number of benzene rings is 1. The lowest BCUT2D eigenvalue weighted by Gasteiger charge is -2.07. The van der Waals surface area contributed by atoms with Gasteiger partial charge in [-0.15, -0.1) is 0 Å². The summed E-state index contributed by atoms with van der Waals surface area (Å²) in [5.41, 5.74) is 0.682. The minimum absolute atomic E-state index is 0.00911. The number of hydrogen-bond acceptors (Lipinski definition) is 5. The summed E-state index contributed by atoms with van der Waals surface area (Å²) in [5, 5.41) is 3.62. The Hall–Kier alpha value is -3.39. The number of aromatic nitrogens is 4. The average Bonchev–Trinajstić information content (AvgIpc) is 3.08. The van der Waals surface area contributed by atoms with Crippen molar-refractivity contribution in [3.05, 3.63) is 83.2 Å². The van der Waals surface area contributed by atoms with Crippen molar-refractivity contribution in [2.24, 2.45) is 7.05 Å². The van der Waals surface area contributed by atoms with Gasteiger partial charge in [-0.1, -0.05) is 17.8 Å². The van der Waals surface area contributed by atoms with Crippen molar-refractivity contribution in [1.82, 2.24) is 18.9 Å². The largest absolute Gasteiger partial charge is 0.329 e. The van der Waals surface area contributed by atoms with Crippen molar-refractivity contribution in [2.75, 3.05) is 5.32 Å². The molecule has 0 aliphatic carbocycles. The van der Waals surface area contributed by atoms with Gasteiger partial charge in [-0.25, -0.2) is 9.97 Å². The first-order chi connectivity index (χ1) is 13.1. The maximum Gasteiger partial charge on any atom is 0.270 e. The highest BCUT2D eigenvalue weighted by Gasteiger charge is 2.13. The fraction of sp³-hybridized carbons (Fsp3) is 0.0526. The van der Waals surface area contributed by atoms with Crippen LogP contribution in [0, 0.1) is 0 Å². The molecule has 0 unspecified atom stereocenters. The number of imidazole rings is 1. The quantitative estimate of drug-likeness (QED) is 0.591. The molecule has 1 amide bonds. The third-order valence-electron chi connectivity index (χ3n) is 3.96. The number of nitrogens with zero attached hydrogens (tertiary/aromatic N) is 4. The minimum atomic E-state index is -0.491. The van der Waals surface area contributed by atoms with Crippen molar-refractivity contribution in [3.63, 3.8) is 0 Å². The van der Waals surface area contributed by atoms with Crippen LogP contribution in [0.4, 0.5) is 5.69 Å². The summed E-state index contributed by atoms with van der Waals surface area (Å²) < 4.78 is 3.28. The number of carbonyl (C=O) groups is 1. The molecule has 27 heavy (non-hydrogen) atoms. The molecule has 7 nitrogen and oxygen atoms in total. The molecule has 0 aliphatic heterocycles. The summed E-state index contributed by atoms with van der Waals surface area (Å²) in [6, 6.07) is 12.6. The maximum atomic E-state index is 12.5. The van der Waals surface area contributed by atoms with Crippen LogP contribution in [0.3, 0.4) is 0 Å². The second-order valence-corrected chi connectivity index (χ2v) is 6.85. The molecule has 3 aromatic heterocycles. The molecule has 0 saturated heterocycles. The van der Waals surface area contributed by atoms with E-state index in [2.05, 4.69) is 15.3 Å². The van der Waals surface area contributed by atoms with Crippen LogP contribution >= 0.6 is 11.8 Å². The van der Waals surface area contributed by atoms with Crippen molar-refractivity contribution < 1.29 is 4.79 Å². The van der Waals surface area contributed by atoms with Crippen LogP contribution in [0.2, 0.25) is 0 Å². The Morgan fingerprint density at radius 2 is 1.89 bits per heavy atom. The Morgan fingerprint density at radius 3 is 2.63 bits per heavy atom. The van der Waals surface area contributed by atoms with E-state index in [9.17, 15) is 9.59 Å². The van der Waals surface area contributed by atoms with E-state index in [1.807, 2.05) is 29.9 Å². The topological polar surface area (TPSA) is 81.3 Å². The van der Waals surface area contributed by atoms with E-state index < -0.39 is 11.5 Å². The fourth-order valence-electron chi connectivity index (χ4n) is 2.54. The van der Waals surface area contributed by atoms with Gasteiger partial charge >= 0.3 is 0 Å². The van der Waals surface area contributed by atoms with Crippen LogP contribution in [0.1, 0.15) is 10.4 Å². The molecule has 0 saturated carbocycles. The molecule has 1 N–H and O–H groups in total. The number of aryl methyl sites for hydroxylation is 1. The second-order valence-electron chi connectivity index (χ2n) is 5.81. The van der Waals surface area contributed by atoms with Gasteiger partial charge in [0.05, 0.1) is 0 Å². The van der Waals surface area contributed by atoms with Crippen LogP contribution in [-0.2, 0) is 7.05 Å². The molecule has 0 atom stereocenters. The van der Waals surface area contributed by atoms with E-state index >= 15 is 0 Å². The van der Waals surface area contributed by atoms with Crippen LogP contribution in [0.15, 0.2) is 82.1 Å². The normalized spacial score (nSPS) is 10.9. The first kappa shape index (κ1) is 17.0. The first-order valence-corrected chi connectivity index (χ1v) is 8.96. The zero-order chi connectivity index (χ0) is 18.8. The second kappa shape index (κ2) is 7.08. The number of amides is 1. The highest BCUT2D eigenvalue weighted by Crippen LogP contribution is 2.26. The third kappa shape index (κ3) is 3.47. The third-order valence-corrected chi connectivity index (χ3v) is 5.04. The Balaban J connectivity index is 1.52. The van der Waals surface area contributed by atoms with Gasteiger partial charge in [0.2, 0.25) is 0 Å². The zero-order valence-electron chi connectivity index (χ0n) is 14.4. The summed E-state index contributed by atoms with van der Waals surface area (Å²) in [6.07, 6.45) is 6.52. The van der Waals surface area contributed by atoms with E-state index in [1.165, 1.54) is 22.4 Å². The van der Waals surface area contributed by atoms with E-state index in [0.29, 0.717) is 11.3 Å². The highest BCUT2D eigenvalue weighted by molar-refractivity contribution is 7.99. The maximum absolute atomic E-state index is 12.5. The lowest BCUT2D eigenvalue weighted by molar-refractivity contribution is 0.102. The molecular formula is C19H15N5O2S. The lowest BCUT2D eigenvalue weighted by atomic mass is 10.2. The van der Waals surface area contributed by atoms with Gasteiger partial charge in [0.1, 0.15) is 11.2 Å². The van der Waals surface area contributed by atoms with Gasteiger partial charge in [-0.3, -0.25) is 14.0 Å². The predicted octanol–water partition coefficient (Wildman–Crippen LogP) is 2.83. The number of nitrogens with one attached hydrogen (secondary N) is 1. The molecule has 0 radical (unpaired) electrons. The van der Waals surface area contributed by atoms with Gasteiger partial charge in [-0.2, -0.15) is 0 Å². The number of carbonyl (C=O) groups excluding carboxylic acids is 1. The minimum Gasteiger partial charge on any atom is -0.329 e. The summed E-state index contributed by atoms with van der Waals surface area (Å²) >= 11 is 1.52. The molecule has 4 aromatic rings.